The monoisotopic (exact) mass is 289 g/mol. The lowest BCUT2D eigenvalue weighted by Crippen LogP contribution is -2.05. The fourth-order valence-corrected chi connectivity index (χ4v) is 1.82. The molecule has 2 aromatic rings. The highest BCUT2D eigenvalue weighted by molar-refractivity contribution is 5.28. The van der Waals surface area contributed by atoms with Gasteiger partial charge in [-0.3, -0.25) is 0 Å². The molecule has 0 amide bonds. The van der Waals surface area contributed by atoms with E-state index in [4.69, 9.17) is 15.2 Å². The van der Waals surface area contributed by atoms with Gasteiger partial charge in [0.2, 0.25) is 0 Å². The van der Waals surface area contributed by atoms with Crippen LogP contribution in [0.4, 0.5) is 4.39 Å². The second-order valence-electron chi connectivity index (χ2n) is 4.81. The van der Waals surface area contributed by atoms with Crippen molar-refractivity contribution < 1.29 is 13.9 Å². The average Bonchev–Trinajstić information content (AvgIpc) is 2.51. The maximum atomic E-state index is 13.3. The number of aryl methyl sites for hydroxylation is 1. The maximum absolute atomic E-state index is 13.3. The number of benzene rings is 2. The number of nitrogens with two attached hydrogens (primary N) is 1. The summed E-state index contributed by atoms with van der Waals surface area (Å²) in [6, 6.07) is 12.6. The zero-order valence-electron chi connectivity index (χ0n) is 12.1. The van der Waals surface area contributed by atoms with Crippen molar-refractivity contribution in [2.24, 2.45) is 5.73 Å². The van der Waals surface area contributed by atoms with E-state index in [9.17, 15) is 4.39 Å². The molecule has 0 bridgehead atoms. The molecule has 0 unspecified atom stereocenters. The summed E-state index contributed by atoms with van der Waals surface area (Å²) in [6.07, 6.45) is 0.730. The molecule has 2 N–H and O–H groups in total. The fourth-order valence-electron chi connectivity index (χ4n) is 1.82. The number of hydrogen-bond acceptors (Lipinski definition) is 3. The highest BCUT2D eigenvalue weighted by atomic mass is 19.1. The second kappa shape index (κ2) is 7.64. The number of halogens is 1. The van der Waals surface area contributed by atoms with Crippen LogP contribution in [0, 0.1) is 12.7 Å². The van der Waals surface area contributed by atoms with Crippen LogP contribution in [0.5, 0.6) is 11.5 Å². The minimum atomic E-state index is -0.247. The van der Waals surface area contributed by atoms with Crippen LogP contribution in [0.1, 0.15) is 17.5 Å². The Bertz CT molecular complexity index is 570. The Kier molecular flexibility index (Phi) is 5.58. The van der Waals surface area contributed by atoms with Crippen molar-refractivity contribution in [3.05, 3.63) is 59.4 Å². The number of ether oxygens (including phenoxy) is 2. The van der Waals surface area contributed by atoms with Gasteiger partial charge in [-0.1, -0.05) is 18.2 Å². The van der Waals surface area contributed by atoms with Crippen molar-refractivity contribution in [2.75, 3.05) is 13.2 Å². The predicted octanol–water partition coefficient (Wildman–Crippen LogP) is 3.44. The van der Waals surface area contributed by atoms with Crippen molar-refractivity contribution >= 4 is 0 Å². The molecule has 0 saturated heterocycles. The van der Waals surface area contributed by atoms with Crippen LogP contribution in [-0.4, -0.2) is 13.2 Å². The predicted molar refractivity (Wildman–Crippen MR) is 81.1 cm³/mol. The lowest BCUT2D eigenvalue weighted by atomic mass is 10.2. The van der Waals surface area contributed by atoms with Gasteiger partial charge in [-0.05, 0) is 36.2 Å². The van der Waals surface area contributed by atoms with Gasteiger partial charge in [-0.15, -0.1) is 0 Å². The molecule has 4 heteroatoms. The number of rotatable bonds is 7. The summed E-state index contributed by atoms with van der Waals surface area (Å²) in [7, 11) is 0. The summed E-state index contributed by atoms with van der Waals surface area (Å²) in [5.74, 6) is 1.11. The Balaban J connectivity index is 1.68. The Hall–Kier alpha value is -2.07. The average molecular weight is 289 g/mol. The third-order valence-electron chi connectivity index (χ3n) is 3.13. The molecule has 0 fully saturated rings. The second-order valence-corrected chi connectivity index (χ2v) is 4.81. The highest BCUT2D eigenvalue weighted by Gasteiger charge is 2.00. The van der Waals surface area contributed by atoms with Crippen LogP contribution in [-0.2, 0) is 6.54 Å². The molecule has 0 aliphatic carbocycles. The molecule has 112 valence electrons. The topological polar surface area (TPSA) is 44.5 Å². The molecule has 0 aliphatic heterocycles. The first-order chi connectivity index (χ1) is 10.2. The molecule has 21 heavy (non-hydrogen) atoms. The van der Waals surface area contributed by atoms with Crippen LogP contribution >= 0.6 is 0 Å². The zero-order valence-corrected chi connectivity index (χ0v) is 12.1. The summed E-state index contributed by atoms with van der Waals surface area (Å²) in [4.78, 5) is 0. The molecular formula is C17H20FNO2. The molecular weight excluding hydrogens is 269 g/mol. The SMILES string of the molecule is Cc1ccc(OCCCOc2ccc(CN)cc2)cc1F. The Morgan fingerprint density at radius 1 is 0.952 bits per heavy atom. The van der Waals surface area contributed by atoms with Crippen LogP contribution in [0.25, 0.3) is 0 Å². The van der Waals surface area contributed by atoms with Crippen molar-refractivity contribution in [3.63, 3.8) is 0 Å². The van der Waals surface area contributed by atoms with Gasteiger partial charge in [-0.2, -0.15) is 0 Å². The Morgan fingerprint density at radius 2 is 1.57 bits per heavy atom. The largest absolute Gasteiger partial charge is 0.493 e. The van der Waals surface area contributed by atoms with Crippen molar-refractivity contribution in [3.8, 4) is 11.5 Å². The van der Waals surface area contributed by atoms with Gasteiger partial charge in [0.25, 0.3) is 0 Å². The van der Waals surface area contributed by atoms with E-state index in [1.54, 1.807) is 19.1 Å². The molecule has 3 nitrogen and oxygen atoms in total. The molecule has 0 aliphatic rings. The molecule has 0 aromatic heterocycles. The molecule has 2 aromatic carbocycles. The van der Waals surface area contributed by atoms with E-state index < -0.39 is 0 Å². The first kappa shape index (κ1) is 15.3. The molecule has 0 radical (unpaired) electrons. The summed E-state index contributed by atoms with van der Waals surface area (Å²) in [5, 5.41) is 0. The van der Waals surface area contributed by atoms with E-state index in [2.05, 4.69) is 0 Å². The van der Waals surface area contributed by atoms with E-state index in [1.165, 1.54) is 6.07 Å². The summed E-state index contributed by atoms with van der Waals surface area (Å²) >= 11 is 0. The molecule has 2 rings (SSSR count). The third kappa shape index (κ3) is 4.76. The highest BCUT2D eigenvalue weighted by Crippen LogP contribution is 2.16. The minimum absolute atomic E-state index is 0.247. The minimum Gasteiger partial charge on any atom is -0.493 e. The summed E-state index contributed by atoms with van der Waals surface area (Å²) in [5.41, 5.74) is 7.22. The van der Waals surface area contributed by atoms with E-state index in [1.807, 2.05) is 24.3 Å². The number of hydrogen-bond donors (Lipinski definition) is 1. The Morgan fingerprint density at radius 3 is 2.19 bits per heavy atom. The fraction of sp³-hybridized carbons (Fsp3) is 0.294. The van der Waals surface area contributed by atoms with Crippen LogP contribution in [0.3, 0.4) is 0 Å². The lowest BCUT2D eigenvalue weighted by Gasteiger charge is -2.09. The van der Waals surface area contributed by atoms with E-state index in [0.29, 0.717) is 31.1 Å². The van der Waals surface area contributed by atoms with E-state index in [-0.39, 0.29) is 5.82 Å². The summed E-state index contributed by atoms with van der Waals surface area (Å²) < 4.78 is 24.4. The first-order valence-electron chi connectivity index (χ1n) is 7.00. The van der Waals surface area contributed by atoms with Gasteiger partial charge >= 0.3 is 0 Å². The molecule has 0 atom stereocenters. The van der Waals surface area contributed by atoms with E-state index >= 15 is 0 Å². The van der Waals surface area contributed by atoms with Gasteiger partial charge in [-0.25, -0.2) is 4.39 Å². The lowest BCUT2D eigenvalue weighted by molar-refractivity contribution is 0.247. The van der Waals surface area contributed by atoms with Gasteiger partial charge in [0.15, 0.2) is 0 Å². The van der Waals surface area contributed by atoms with Gasteiger partial charge in [0, 0.05) is 19.0 Å². The van der Waals surface area contributed by atoms with Crippen LogP contribution < -0.4 is 15.2 Å². The summed E-state index contributed by atoms with van der Waals surface area (Å²) in [6.45, 7) is 3.30. The maximum Gasteiger partial charge on any atom is 0.129 e. The Labute approximate surface area is 124 Å². The third-order valence-corrected chi connectivity index (χ3v) is 3.13. The smallest absolute Gasteiger partial charge is 0.129 e. The zero-order chi connectivity index (χ0) is 15.1. The van der Waals surface area contributed by atoms with Gasteiger partial charge in [0.1, 0.15) is 17.3 Å². The van der Waals surface area contributed by atoms with Crippen molar-refractivity contribution in [2.45, 2.75) is 19.9 Å². The van der Waals surface area contributed by atoms with E-state index in [0.717, 1.165) is 17.7 Å². The van der Waals surface area contributed by atoms with Gasteiger partial charge < -0.3 is 15.2 Å². The normalized spacial score (nSPS) is 10.4. The quantitative estimate of drug-likeness (QED) is 0.794. The molecule has 0 spiro atoms. The van der Waals surface area contributed by atoms with Gasteiger partial charge in [0.05, 0.1) is 13.2 Å². The van der Waals surface area contributed by atoms with Crippen LogP contribution in [0.2, 0.25) is 0 Å². The van der Waals surface area contributed by atoms with Crippen molar-refractivity contribution in [1.82, 2.24) is 0 Å². The standard InChI is InChI=1S/C17H20FNO2/c1-13-3-6-16(11-17(13)18)21-10-2-9-20-15-7-4-14(12-19)5-8-15/h3-8,11H,2,9-10,12,19H2,1H3. The van der Waals surface area contributed by atoms with Crippen LogP contribution in [0.15, 0.2) is 42.5 Å². The van der Waals surface area contributed by atoms with Crippen molar-refractivity contribution in [1.29, 1.82) is 0 Å². The molecule has 0 heterocycles. The molecule has 0 saturated carbocycles. The first-order valence-corrected chi connectivity index (χ1v) is 7.00.